The van der Waals surface area contributed by atoms with Gasteiger partial charge in [0.05, 0.1) is 27.7 Å². The summed E-state index contributed by atoms with van der Waals surface area (Å²) in [6.45, 7) is 3.48. The van der Waals surface area contributed by atoms with E-state index in [1.165, 1.54) is 4.90 Å². The van der Waals surface area contributed by atoms with Gasteiger partial charge in [0.15, 0.2) is 5.78 Å². The summed E-state index contributed by atoms with van der Waals surface area (Å²) in [5.41, 5.74) is 2.15. The van der Waals surface area contributed by atoms with Crippen molar-refractivity contribution in [2.45, 2.75) is 24.7 Å². The number of thiophene rings is 1. The Kier molecular flexibility index (Phi) is 6.25. The Balaban J connectivity index is 1.87. The van der Waals surface area contributed by atoms with Crippen LogP contribution in [0.1, 0.15) is 24.6 Å². The standard InChI is InChI=1S/C20H18N2OS3/c1-13-18(14(2)23)19(17-9-6-10-24-17)16(11-21)20(22-13)26-12-25-15-7-4-3-5-8-15/h3-10,19,22H,12H2,1-2H3/t19-/m1/s1. The molecular weight excluding hydrogens is 380 g/mol. The first-order valence-electron chi connectivity index (χ1n) is 8.09. The highest BCUT2D eigenvalue weighted by Gasteiger charge is 2.33. The van der Waals surface area contributed by atoms with E-state index in [4.69, 9.17) is 0 Å². The third-order valence-corrected chi connectivity index (χ3v) is 7.12. The molecule has 1 N–H and O–H groups in total. The Hall–Kier alpha value is -1.94. The largest absolute Gasteiger partial charge is 0.353 e. The number of benzene rings is 1. The zero-order valence-corrected chi connectivity index (χ0v) is 16.9. The molecule has 132 valence electrons. The fraction of sp³-hybridized carbons (Fsp3) is 0.200. The number of carbonyl (C=O) groups is 1. The molecular formula is C20H18N2OS3. The molecule has 1 atom stereocenters. The monoisotopic (exact) mass is 398 g/mol. The molecule has 3 nitrogen and oxygen atoms in total. The molecule has 0 aliphatic carbocycles. The highest BCUT2D eigenvalue weighted by Crippen LogP contribution is 2.43. The van der Waals surface area contributed by atoms with Crippen LogP contribution in [0.15, 0.2) is 74.6 Å². The van der Waals surface area contributed by atoms with Crippen molar-refractivity contribution in [3.63, 3.8) is 0 Å². The van der Waals surface area contributed by atoms with Crippen molar-refractivity contribution in [3.8, 4) is 6.07 Å². The van der Waals surface area contributed by atoms with Crippen LogP contribution in [0.25, 0.3) is 0 Å². The van der Waals surface area contributed by atoms with Crippen LogP contribution in [0.3, 0.4) is 0 Å². The lowest BCUT2D eigenvalue weighted by Crippen LogP contribution is -2.26. The van der Waals surface area contributed by atoms with Crippen molar-refractivity contribution in [2.75, 3.05) is 5.08 Å². The fourth-order valence-electron chi connectivity index (χ4n) is 2.91. The molecule has 1 aliphatic heterocycles. The minimum absolute atomic E-state index is 0.00357. The van der Waals surface area contributed by atoms with Gasteiger partial charge in [0, 0.05) is 21.0 Å². The van der Waals surface area contributed by atoms with Gasteiger partial charge in [-0.3, -0.25) is 4.79 Å². The van der Waals surface area contributed by atoms with Gasteiger partial charge in [-0.05, 0) is 37.4 Å². The Labute approximate surface area is 166 Å². The minimum Gasteiger partial charge on any atom is -0.353 e. The molecule has 0 fully saturated rings. The molecule has 0 spiro atoms. The van der Waals surface area contributed by atoms with E-state index in [1.54, 1.807) is 41.8 Å². The normalized spacial score (nSPS) is 17.0. The summed E-state index contributed by atoms with van der Waals surface area (Å²) in [6.07, 6.45) is 0. The quantitative estimate of drug-likeness (QED) is 0.513. The van der Waals surface area contributed by atoms with E-state index in [0.717, 1.165) is 20.7 Å². The van der Waals surface area contributed by atoms with Crippen molar-refractivity contribution in [3.05, 3.63) is 74.6 Å². The molecule has 0 unspecified atom stereocenters. The van der Waals surface area contributed by atoms with Crippen LogP contribution in [0.4, 0.5) is 0 Å². The Bertz CT molecular complexity index is 893. The second-order valence-corrected chi connectivity index (χ2v) is 9.12. The summed E-state index contributed by atoms with van der Waals surface area (Å²) < 4.78 is 0. The molecule has 6 heteroatoms. The van der Waals surface area contributed by atoms with Gasteiger partial charge >= 0.3 is 0 Å². The molecule has 2 heterocycles. The topological polar surface area (TPSA) is 52.9 Å². The third kappa shape index (κ3) is 4.07. The second kappa shape index (κ2) is 8.63. The number of ketones is 1. The van der Waals surface area contributed by atoms with Gasteiger partial charge in [0.2, 0.25) is 0 Å². The predicted molar refractivity (Wildman–Crippen MR) is 111 cm³/mol. The van der Waals surface area contributed by atoms with Gasteiger partial charge in [-0.15, -0.1) is 23.1 Å². The summed E-state index contributed by atoms with van der Waals surface area (Å²) in [7, 11) is 0. The number of Topliss-reactive ketones (excluding diaryl/α,β-unsaturated/α-hetero) is 1. The first kappa shape index (κ1) is 18.8. The van der Waals surface area contributed by atoms with Crippen LogP contribution in [0.2, 0.25) is 0 Å². The summed E-state index contributed by atoms with van der Waals surface area (Å²) in [4.78, 5) is 14.5. The third-order valence-electron chi connectivity index (χ3n) is 4.03. The number of hydrogen-bond acceptors (Lipinski definition) is 6. The van der Waals surface area contributed by atoms with Crippen molar-refractivity contribution >= 4 is 40.6 Å². The molecule has 3 rings (SSSR count). The highest BCUT2D eigenvalue weighted by molar-refractivity contribution is 8.17. The van der Waals surface area contributed by atoms with E-state index in [2.05, 4.69) is 23.5 Å². The lowest BCUT2D eigenvalue weighted by Gasteiger charge is -2.28. The summed E-state index contributed by atoms with van der Waals surface area (Å²) in [6, 6.07) is 16.5. The van der Waals surface area contributed by atoms with Crippen LogP contribution < -0.4 is 5.32 Å². The smallest absolute Gasteiger partial charge is 0.158 e. The van der Waals surface area contributed by atoms with Gasteiger partial charge in [0.1, 0.15) is 0 Å². The zero-order chi connectivity index (χ0) is 18.5. The molecule has 0 saturated heterocycles. The van der Waals surface area contributed by atoms with E-state index in [1.807, 2.05) is 42.6 Å². The molecule has 0 bridgehead atoms. The molecule has 2 aromatic rings. The summed E-state index contributed by atoms with van der Waals surface area (Å²) in [5, 5.41) is 16.7. The van der Waals surface area contributed by atoms with Crippen LogP contribution >= 0.6 is 34.9 Å². The van der Waals surface area contributed by atoms with Crippen molar-refractivity contribution < 1.29 is 4.79 Å². The number of nitrogens with zero attached hydrogens (tertiary/aromatic N) is 1. The van der Waals surface area contributed by atoms with Crippen molar-refractivity contribution in [1.29, 1.82) is 5.26 Å². The molecule has 1 aromatic heterocycles. The average Bonchev–Trinajstić information content (AvgIpc) is 3.16. The lowest BCUT2D eigenvalue weighted by molar-refractivity contribution is -0.113. The number of hydrogen-bond donors (Lipinski definition) is 1. The maximum atomic E-state index is 12.2. The van der Waals surface area contributed by atoms with E-state index in [9.17, 15) is 10.1 Å². The first-order valence-corrected chi connectivity index (χ1v) is 10.9. The number of thioether (sulfide) groups is 2. The molecule has 1 aliphatic rings. The van der Waals surface area contributed by atoms with Crippen molar-refractivity contribution in [2.24, 2.45) is 0 Å². The molecule has 0 radical (unpaired) electrons. The SMILES string of the molecule is CC(=O)C1=C(C)NC(SCSc2ccccc2)=C(C#N)[C@@H]1c1cccs1. The van der Waals surface area contributed by atoms with Gasteiger partial charge < -0.3 is 5.32 Å². The lowest BCUT2D eigenvalue weighted by atomic mass is 9.85. The van der Waals surface area contributed by atoms with Crippen LogP contribution in [-0.4, -0.2) is 10.9 Å². The predicted octanol–water partition coefficient (Wildman–Crippen LogP) is 5.52. The first-order chi connectivity index (χ1) is 12.6. The second-order valence-electron chi connectivity index (χ2n) is 5.74. The Morgan fingerprint density at radius 1 is 1.23 bits per heavy atom. The Morgan fingerprint density at radius 3 is 2.62 bits per heavy atom. The number of nitrogens with one attached hydrogen (secondary N) is 1. The minimum atomic E-state index is -0.275. The van der Waals surface area contributed by atoms with Crippen LogP contribution in [-0.2, 0) is 4.79 Å². The molecule has 0 saturated carbocycles. The maximum absolute atomic E-state index is 12.2. The average molecular weight is 399 g/mol. The number of allylic oxidation sites excluding steroid dienone is 3. The van der Waals surface area contributed by atoms with E-state index >= 15 is 0 Å². The summed E-state index contributed by atoms with van der Waals surface area (Å²) >= 11 is 4.92. The van der Waals surface area contributed by atoms with E-state index < -0.39 is 0 Å². The van der Waals surface area contributed by atoms with E-state index in [-0.39, 0.29) is 11.7 Å². The van der Waals surface area contributed by atoms with Crippen LogP contribution in [0.5, 0.6) is 0 Å². The number of rotatable bonds is 6. The molecule has 0 amide bonds. The van der Waals surface area contributed by atoms with Gasteiger partial charge in [-0.2, -0.15) is 5.26 Å². The van der Waals surface area contributed by atoms with Gasteiger partial charge in [-0.1, -0.05) is 36.0 Å². The number of carbonyl (C=O) groups excluding carboxylic acids is 1. The summed E-state index contributed by atoms with van der Waals surface area (Å²) in [5.74, 6) is -0.271. The van der Waals surface area contributed by atoms with Gasteiger partial charge in [0.25, 0.3) is 0 Å². The fourth-order valence-corrected chi connectivity index (χ4v) is 5.90. The molecule has 1 aromatic carbocycles. The maximum Gasteiger partial charge on any atom is 0.158 e. The van der Waals surface area contributed by atoms with Crippen LogP contribution in [0, 0.1) is 11.3 Å². The highest BCUT2D eigenvalue weighted by atomic mass is 32.2. The number of nitriles is 1. The number of dihydropyridines is 1. The van der Waals surface area contributed by atoms with E-state index in [0.29, 0.717) is 11.1 Å². The molecule has 26 heavy (non-hydrogen) atoms. The Morgan fingerprint density at radius 2 is 2.00 bits per heavy atom. The zero-order valence-electron chi connectivity index (χ0n) is 14.5. The van der Waals surface area contributed by atoms with Gasteiger partial charge in [-0.25, -0.2) is 0 Å². The van der Waals surface area contributed by atoms with Crippen molar-refractivity contribution in [1.82, 2.24) is 5.32 Å².